The Balaban J connectivity index is 2.74. The van der Waals surface area contributed by atoms with Crippen LogP contribution in [0.1, 0.15) is 20.3 Å². The lowest BCUT2D eigenvalue weighted by Gasteiger charge is -2.15. The van der Waals surface area contributed by atoms with Crippen molar-refractivity contribution < 1.29 is 4.74 Å². The van der Waals surface area contributed by atoms with Crippen molar-refractivity contribution in [3.8, 4) is 5.75 Å². The van der Waals surface area contributed by atoms with Gasteiger partial charge < -0.3 is 10.1 Å². The van der Waals surface area contributed by atoms with E-state index in [1.165, 1.54) is 0 Å². The van der Waals surface area contributed by atoms with E-state index in [2.05, 4.69) is 19.2 Å². The largest absolute Gasteiger partial charge is 0.495 e. The molecule has 0 saturated heterocycles. The van der Waals surface area contributed by atoms with E-state index >= 15 is 0 Å². The highest BCUT2D eigenvalue weighted by Crippen LogP contribution is 2.23. The maximum absolute atomic E-state index is 5.23. The Kier molecular flexibility index (Phi) is 3.62. The summed E-state index contributed by atoms with van der Waals surface area (Å²) in [5.74, 6) is 0.905. The fourth-order valence-electron chi connectivity index (χ4n) is 1.13. The van der Waals surface area contributed by atoms with Gasteiger partial charge in [0.25, 0.3) is 0 Å². The van der Waals surface area contributed by atoms with E-state index in [0.717, 1.165) is 17.9 Å². The average molecular weight is 179 g/mol. The highest BCUT2D eigenvalue weighted by Gasteiger charge is 2.03. The predicted octanol–water partition coefficient (Wildman–Crippen LogP) is 2.91. The monoisotopic (exact) mass is 179 g/mol. The molecule has 0 fully saturated rings. The standard InChI is InChI=1S/C11H17NO/c1-4-9(2)12-10-7-5-6-8-11(10)13-3/h5-9,12H,4H2,1-3H3/t9-/m0/s1. The van der Waals surface area contributed by atoms with Crippen molar-refractivity contribution in [2.45, 2.75) is 26.3 Å². The van der Waals surface area contributed by atoms with Gasteiger partial charge in [-0.05, 0) is 25.5 Å². The molecule has 0 bridgehead atoms. The summed E-state index contributed by atoms with van der Waals surface area (Å²) in [5.41, 5.74) is 1.07. The first kappa shape index (κ1) is 9.90. The molecule has 0 aliphatic carbocycles. The van der Waals surface area contributed by atoms with E-state index in [1.807, 2.05) is 24.3 Å². The van der Waals surface area contributed by atoms with Gasteiger partial charge in [0.15, 0.2) is 0 Å². The maximum Gasteiger partial charge on any atom is 0.141 e. The second-order valence-electron chi connectivity index (χ2n) is 3.15. The zero-order chi connectivity index (χ0) is 9.68. The first-order valence-electron chi connectivity index (χ1n) is 4.67. The minimum atomic E-state index is 0.483. The molecule has 2 heteroatoms. The maximum atomic E-state index is 5.23. The molecule has 1 rings (SSSR count). The number of anilines is 1. The number of nitrogens with one attached hydrogen (secondary N) is 1. The van der Waals surface area contributed by atoms with Crippen LogP contribution in [0.3, 0.4) is 0 Å². The van der Waals surface area contributed by atoms with Gasteiger partial charge in [-0.1, -0.05) is 19.1 Å². The molecule has 13 heavy (non-hydrogen) atoms. The van der Waals surface area contributed by atoms with Crippen LogP contribution < -0.4 is 10.1 Å². The first-order chi connectivity index (χ1) is 6.27. The number of hydrogen-bond donors (Lipinski definition) is 1. The molecule has 1 N–H and O–H groups in total. The Labute approximate surface area is 79.9 Å². The fourth-order valence-corrected chi connectivity index (χ4v) is 1.13. The number of hydrogen-bond acceptors (Lipinski definition) is 2. The summed E-state index contributed by atoms with van der Waals surface area (Å²) in [6.07, 6.45) is 1.11. The van der Waals surface area contributed by atoms with Crippen molar-refractivity contribution in [1.82, 2.24) is 0 Å². The molecule has 72 valence electrons. The van der Waals surface area contributed by atoms with Crippen LogP contribution in [0.5, 0.6) is 5.75 Å². The van der Waals surface area contributed by atoms with Gasteiger partial charge in [0, 0.05) is 6.04 Å². The molecule has 0 aliphatic rings. The van der Waals surface area contributed by atoms with E-state index in [1.54, 1.807) is 7.11 Å². The minimum Gasteiger partial charge on any atom is -0.495 e. The number of benzene rings is 1. The average Bonchev–Trinajstić information content (AvgIpc) is 2.18. The van der Waals surface area contributed by atoms with Gasteiger partial charge in [-0.3, -0.25) is 0 Å². The lowest BCUT2D eigenvalue weighted by atomic mass is 10.2. The predicted molar refractivity (Wildman–Crippen MR) is 56.4 cm³/mol. The van der Waals surface area contributed by atoms with Crippen molar-refractivity contribution in [2.75, 3.05) is 12.4 Å². The lowest BCUT2D eigenvalue weighted by Crippen LogP contribution is -2.13. The number of rotatable bonds is 4. The van der Waals surface area contributed by atoms with Gasteiger partial charge in [-0.25, -0.2) is 0 Å². The van der Waals surface area contributed by atoms with E-state index in [9.17, 15) is 0 Å². The molecule has 1 aromatic rings. The highest BCUT2D eigenvalue weighted by molar-refractivity contribution is 5.56. The topological polar surface area (TPSA) is 21.3 Å². The molecule has 0 heterocycles. The van der Waals surface area contributed by atoms with Gasteiger partial charge in [0.1, 0.15) is 5.75 Å². The molecule has 0 radical (unpaired) electrons. The third kappa shape index (κ3) is 2.65. The van der Waals surface area contributed by atoms with Gasteiger partial charge in [0.05, 0.1) is 12.8 Å². The highest BCUT2D eigenvalue weighted by atomic mass is 16.5. The van der Waals surface area contributed by atoms with Crippen molar-refractivity contribution >= 4 is 5.69 Å². The molecule has 1 aromatic carbocycles. The third-order valence-electron chi connectivity index (χ3n) is 2.12. The molecule has 2 nitrogen and oxygen atoms in total. The van der Waals surface area contributed by atoms with Gasteiger partial charge in [-0.2, -0.15) is 0 Å². The summed E-state index contributed by atoms with van der Waals surface area (Å²) < 4.78 is 5.23. The molecule has 0 amide bonds. The van der Waals surface area contributed by atoms with Gasteiger partial charge >= 0.3 is 0 Å². The van der Waals surface area contributed by atoms with Crippen LogP contribution in [-0.2, 0) is 0 Å². The normalized spacial score (nSPS) is 12.2. The molecule has 0 aliphatic heterocycles. The Morgan fingerprint density at radius 2 is 2.08 bits per heavy atom. The molecular formula is C11H17NO. The zero-order valence-corrected chi connectivity index (χ0v) is 8.50. The summed E-state index contributed by atoms with van der Waals surface area (Å²) in [4.78, 5) is 0. The van der Waals surface area contributed by atoms with Crippen LogP contribution in [0, 0.1) is 0 Å². The van der Waals surface area contributed by atoms with Crippen LogP contribution in [-0.4, -0.2) is 13.2 Å². The molecule has 0 unspecified atom stereocenters. The summed E-state index contributed by atoms with van der Waals surface area (Å²) in [7, 11) is 1.69. The SMILES string of the molecule is CC[C@H](C)Nc1ccccc1OC. The van der Waals surface area contributed by atoms with Gasteiger partial charge in [-0.15, -0.1) is 0 Å². The van der Waals surface area contributed by atoms with Crippen molar-refractivity contribution in [3.63, 3.8) is 0 Å². The Hall–Kier alpha value is -1.18. The van der Waals surface area contributed by atoms with Crippen LogP contribution in [0.15, 0.2) is 24.3 Å². The second-order valence-corrected chi connectivity index (χ2v) is 3.15. The van der Waals surface area contributed by atoms with Crippen LogP contribution in [0.2, 0.25) is 0 Å². The summed E-state index contributed by atoms with van der Waals surface area (Å²) >= 11 is 0. The van der Waals surface area contributed by atoms with Crippen LogP contribution in [0.25, 0.3) is 0 Å². The molecule has 1 atom stereocenters. The molecular weight excluding hydrogens is 162 g/mol. The minimum absolute atomic E-state index is 0.483. The van der Waals surface area contributed by atoms with Crippen LogP contribution in [0.4, 0.5) is 5.69 Å². The number of methoxy groups -OCH3 is 1. The fraction of sp³-hybridized carbons (Fsp3) is 0.455. The number of para-hydroxylation sites is 2. The number of ether oxygens (including phenoxy) is 1. The van der Waals surface area contributed by atoms with Crippen molar-refractivity contribution in [3.05, 3.63) is 24.3 Å². The Morgan fingerprint density at radius 3 is 2.69 bits per heavy atom. The molecule has 0 saturated carbocycles. The Bertz CT molecular complexity index is 260. The summed E-state index contributed by atoms with van der Waals surface area (Å²) in [5, 5.41) is 3.39. The molecule has 0 aromatic heterocycles. The summed E-state index contributed by atoms with van der Waals surface area (Å²) in [6, 6.07) is 8.46. The molecule has 0 spiro atoms. The first-order valence-corrected chi connectivity index (χ1v) is 4.67. The van der Waals surface area contributed by atoms with E-state index in [-0.39, 0.29) is 0 Å². The lowest BCUT2D eigenvalue weighted by molar-refractivity contribution is 0.416. The van der Waals surface area contributed by atoms with E-state index in [4.69, 9.17) is 4.74 Å². The summed E-state index contributed by atoms with van der Waals surface area (Å²) in [6.45, 7) is 4.32. The third-order valence-corrected chi connectivity index (χ3v) is 2.12. The van der Waals surface area contributed by atoms with Crippen molar-refractivity contribution in [2.24, 2.45) is 0 Å². The smallest absolute Gasteiger partial charge is 0.141 e. The van der Waals surface area contributed by atoms with E-state index < -0.39 is 0 Å². The second kappa shape index (κ2) is 4.75. The Morgan fingerprint density at radius 1 is 1.38 bits per heavy atom. The van der Waals surface area contributed by atoms with E-state index in [0.29, 0.717) is 6.04 Å². The van der Waals surface area contributed by atoms with Crippen LogP contribution >= 0.6 is 0 Å². The quantitative estimate of drug-likeness (QED) is 0.767. The van der Waals surface area contributed by atoms with Crippen molar-refractivity contribution in [1.29, 1.82) is 0 Å². The zero-order valence-electron chi connectivity index (χ0n) is 8.50. The van der Waals surface area contributed by atoms with Gasteiger partial charge in [0.2, 0.25) is 0 Å².